The quantitative estimate of drug-likeness (QED) is 0.754. The normalized spacial score (nSPS) is 16.3. The summed E-state index contributed by atoms with van der Waals surface area (Å²) in [5, 5.41) is 16.1. The molecule has 3 N–H and O–H groups in total. The fourth-order valence-corrected chi connectivity index (χ4v) is 3.46. The van der Waals surface area contributed by atoms with Crippen LogP contribution in [0.3, 0.4) is 0 Å². The number of carbonyl (C=O) groups is 1. The van der Waals surface area contributed by atoms with Gasteiger partial charge in [0.2, 0.25) is 5.91 Å². The van der Waals surface area contributed by atoms with Gasteiger partial charge < -0.3 is 20.3 Å². The molecule has 0 bridgehead atoms. The molecule has 26 heavy (non-hydrogen) atoms. The molecule has 0 aliphatic carbocycles. The second-order valence-corrected chi connectivity index (χ2v) is 6.74. The van der Waals surface area contributed by atoms with Crippen molar-refractivity contribution in [3.63, 3.8) is 0 Å². The molecule has 4 rings (SSSR count). The number of aliphatic hydroxyl groups excluding tert-OH is 1. The minimum Gasteiger partial charge on any atom is -0.391 e. The number of nitrogens with zero attached hydrogens (tertiary/aromatic N) is 2. The van der Waals surface area contributed by atoms with Gasteiger partial charge in [-0.25, -0.2) is 0 Å². The highest BCUT2D eigenvalue weighted by Gasteiger charge is 2.31. The predicted octanol–water partition coefficient (Wildman–Crippen LogP) is 2.09. The van der Waals surface area contributed by atoms with E-state index in [9.17, 15) is 9.90 Å². The fourth-order valence-electron chi connectivity index (χ4n) is 3.46. The van der Waals surface area contributed by atoms with Gasteiger partial charge in [0.25, 0.3) is 0 Å². The van der Waals surface area contributed by atoms with E-state index in [1.807, 2.05) is 24.3 Å². The topological polar surface area (TPSA) is 92.6 Å². The molecule has 0 fully saturated rings. The van der Waals surface area contributed by atoms with E-state index in [-0.39, 0.29) is 5.91 Å². The molecule has 0 saturated heterocycles. The summed E-state index contributed by atoms with van der Waals surface area (Å²) in [7, 11) is 0. The Balaban J connectivity index is 1.72. The zero-order chi connectivity index (χ0) is 18.3. The van der Waals surface area contributed by atoms with Crippen LogP contribution in [-0.2, 0) is 17.8 Å². The number of aliphatic hydroxyl groups is 1. The number of fused-ring (bicyclic) bond motifs is 2. The molecule has 1 aliphatic heterocycles. The zero-order valence-electron chi connectivity index (χ0n) is 14.6. The monoisotopic (exact) mass is 351 g/mol. The van der Waals surface area contributed by atoms with Gasteiger partial charge in [0, 0.05) is 24.1 Å². The maximum Gasteiger partial charge on any atom is 0.242 e. The van der Waals surface area contributed by atoms with Crippen molar-refractivity contribution in [1.82, 2.24) is 10.1 Å². The standard InChI is InChI=1S/C20H21N3O3/c1-12(24)18(21)20(25)23-10-9-17-16(11-23)19(22-26-17)15-8-4-6-13-5-2-3-7-14(13)15/h2-8,12,18,24H,9-11,21H2,1H3/t12-,18+/m1/s1. The first kappa shape index (κ1) is 16.8. The van der Waals surface area contributed by atoms with Gasteiger partial charge in [0.15, 0.2) is 0 Å². The van der Waals surface area contributed by atoms with E-state index < -0.39 is 12.1 Å². The van der Waals surface area contributed by atoms with Crippen molar-refractivity contribution in [3.05, 3.63) is 53.8 Å². The van der Waals surface area contributed by atoms with E-state index in [4.69, 9.17) is 10.3 Å². The Hall–Kier alpha value is -2.70. The van der Waals surface area contributed by atoms with Crippen LogP contribution in [0, 0.1) is 0 Å². The first-order valence-corrected chi connectivity index (χ1v) is 8.74. The third-order valence-corrected chi connectivity index (χ3v) is 4.99. The van der Waals surface area contributed by atoms with E-state index in [0.29, 0.717) is 19.5 Å². The average molecular weight is 351 g/mol. The molecule has 1 aliphatic rings. The Morgan fingerprint density at radius 3 is 2.85 bits per heavy atom. The maximum atomic E-state index is 12.5. The lowest BCUT2D eigenvalue weighted by Gasteiger charge is -2.29. The number of benzene rings is 2. The van der Waals surface area contributed by atoms with Crippen LogP contribution in [0.4, 0.5) is 0 Å². The molecule has 1 amide bonds. The molecule has 0 radical (unpaired) electrons. The Labute approximate surface area is 151 Å². The van der Waals surface area contributed by atoms with E-state index in [1.165, 1.54) is 6.92 Å². The van der Waals surface area contributed by atoms with Gasteiger partial charge in [-0.15, -0.1) is 0 Å². The molecule has 2 heterocycles. The third-order valence-electron chi connectivity index (χ3n) is 4.99. The largest absolute Gasteiger partial charge is 0.391 e. The molecule has 0 unspecified atom stereocenters. The van der Waals surface area contributed by atoms with Crippen molar-refractivity contribution in [1.29, 1.82) is 0 Å². The number of aromatic nitrogens is 1. The van der Waals surface area contributed by atoms with E-state index in [0.717, 1.165) is 33.4 Å². The summed E-state index contributed by atoms with van der Waals surface area (Å²) in [6.07, 6.45) is -0.297. The molecule has 0 spiro atoms. The highest BCUT2D eigenvalue weighted by Crippen LogP contribution is 2.34. The van der Waals surface area contributed by atoms with Crippen LogP contribution in [0.5, 0.6) is 0 Å². The van der Waals surface area contributed by atoms with Crippen LogP contribution in [0.15, 0.2) is 47.0 Å². The summed E-state index contributed by atoms with van der Waals surface area (Å²) in [5.41, 5.74) is 8.50. The summed E-state index contributed by atoms with van der Waals surface area (Å²) < 4.78 is 5.56. The predicted molar refractivity (Wildman–Crippen MR) is 98.2 cm³/mol. The van der Waals surface area contributed by atoms with E-state index >= 15 is 0 Å². The van der Waals surface area contributed by atoms with Gasteiger partial charge >= 0.3 is 0 Å². The average Bonchev–Trinajstić information content (AvgIpc) is 3.09. The fraction of sp³-hybridized carbons (Fsp3) is 0.300. The molecular formula is C20H21N3O3. The lowest BCUT2D eigenvalue weighted by molar-refractivity contribution is -0.135. The molecular weight excluding hydrogens is 330 g/mol. The molecule has 134 valence electrons. The smallest absolute Gasteiger partial charge is 0.242 e. The highest BCUT2D eigenvalue weighted by molar-refractivity contribution is 5.96. The second kappa shape index (κ2) is 6.55. The van der Waals surface area contributed by atoms with Crippen molar-refractivity contribution in [2.45, 2.75) is 32.0 Å². The Kier molecular flexibility index (Phi) is 4.22. The summed E-state index contributed by atoms with van der Waals surface area (Å²) in [6, 6.07) is 13.3. The van der Waals surface area contributed by atoms with Crippen LogP contribution in [0.1, 0.15) is 18.2 Å². The molecule has 6 heteroatoms. The molecule has 6 nitrogen and oxygen atoms in total. The van der Waals surface area contributed by atoms with Crippen molar-refractivity contribution in [2.24, 2.45) is 5.73 Å². The number of rotatable bonds is 3. The van der Waals surface area contributed by atoms with Crippen LogP contribution in [0.2, 0.25) is 0 Å². The first-order valence-electron chi connectivity index (χ1n) is 8.74. The van der Waals surface area contributed by atoms with Crippen molar-refractivity contribution in [2.75, 3.05) is 6.54 Å². The number of amides is 1. The number of hydrogen-bond donors (Lipinski definition) is 2. The Bertz CT molecular complexity index is 959. The van der Waals surface area contributed by atoms with Crippen molar-refractivity contribution in [3.8, 4) is 11.3 Å². The van der Waals surface area contributed by atoms with Gasteiger partial charge in [0.1, 0.15) is 17.5 Å². The van der Waals surface area contributed by atoms with Gasteiger partial charge in [-0.2, -0.15) is 0 Å². The van der Waals surface area contributed by atoms with Gasteiger partial charge in [-0.1, -0.05) is 47.6 Å². The van der Waals surface area contributed by atoms with Gasteiger partial charge in [-0.05, 0) is 17.7 Å². The maximum absolute atomic E-state index is 12.5. The van der Waals surface area contributed by atoms with Crippen LogP contribution in [0.25, 0.3) is 22.0 Å². The van der Waals surface area contributed by atoms with Crippen molar-refractivity contribution < 1.29 is 14.4 Å². The van der Waals surface area contributed by atoms with Crippen LogP contribution >= 0.6 is 0 Å². The lowest BCUT2D eigenvalue weighted by Crippen LogP contribution is -2.50. The van der Waals surface area contributed by atoms with E-state index in [1.54, 1.807) is 4.90 Å². The number of hydrogen-bond acceptors (Lipinski definition) is 5. The van der Waals surface area contributed by atoms with Gasteiger partial charge in [0.05, 0.1) is 12.6 Å². The summed E-state index contributed by atoms with van der Waals surface area (Å²) >= 11 is 0. The summed E-state index contributed by atoms with van der Waals surface area (Å²) in [5.74, 6) is 0.554. The molecule has 3 aromatic rings. The van der Waals surface area contributed by atoms with Crippen LogP contribution < -0.4 is 5.73 Å². The minimum absolute atomic E-state index is 0.254. The Morgan fingerprint density at radius 1 is 1.27 bits per heavy atom. The number of nitrogens with two attached hydrogens (primary N) is 1. The summed E-state index contributed by atoms with van der Waals surface area (Å²) in [6.45, 7) is 2.42. The first-order chi connectivity index (χ1) is 12.6. The lowest BCUT2D eigenvalue weighted by atomic mass is 9.96. The second-order valence-electron chi connectivity index (χ2n) is 6.74. The van der Waals surface area contributed by atoms with E-state index in [2.05, 4.69) is 23.4 Å². The van der Waals surface area contributed by atoms with Crippen molar-refractivity contribution >= 4 is 16.7 Å². The van der Waals surface area contributed by atoms with Gasteiger partial charge in [-0.3, -0.25) is 4.79 Å². The van der Waals surface area contributed by atoms with Crippen LogP contribution in [-0.4, -0.2) is 39.8 Å². The molecule has 2 aromatic carbocycles. The third kappa shape index (κ3) is 2.77. The molecule has 1 aromatic heterocycles. The summed E-state index contributed by atoms with van der Waals surface area (Å²) in [4.78, 5) is 14.2. The Morgan fingerprint density at radius 2 is 2.04 bits per heavy atom. The number of carbonyl (C=O) groups excluding carboxylic acids is 1. The SMILES string of the molecule is C[C@@H](O)[C@H](N)C(=O)N1CCc2onc(-c3cccc4ccccc34)c2C1. The molecule has 2 atom stereocenters. The molecule has 0 saturated carbocycles. The minimum atomic E-state index is -0.919. The highest BCUT2D eigenvalue weighted by atomic mass is 16.5. The zero-order valence-corrected chi connectivity index (χ0v) is 14.6.